The van der Waals surface area contributed by atoms with Crippen molar-refractivity contribution >= 4 is 0 Å². The van der Waals surface area contributed by atoms with Gasteiger partial charge < -0.3 is 248 Å². The molecule has 10 fully saturated rings. The average Bonchev–Trinajstić information content (AvgIpc) is 0.767. The van der Waals surface area contributed by atoms with Crippen LogP contribution < -0.4 is 0 Å². The van der Waals surface area contributed by atoms with Gasteiger partial charge in [0.1, 0.15) is 232 Å². The molecular weight excluding hydrogens is 1580 g/mol. The van der Waals surface area contributed by atoms with Gasteiger partial charge in [-0.3, -0.25) is 0 Å². The van der Waals surface area contributed by atoms with E-state index in [2.05, 4.69) is 0 Å². The highest BCUT2D eigenvalue weighted by atomic mass is 16.8. The lowest BCUT2D eigenvalue weighted by Gasteiger charge is -2.51. The van der Waals surface area contributed by atoms with Crippen molar-refractivity contribution in [2.24, 2.45) is 5.92 Å². The second-order valence-electron chi connectivity index (χ2n) is 29.6. The fraction of sp³-hybridized carbons (Fsp3) is 1.00. The summed E-state index contributed by atoms with van der Waals surface area (Å²) >= 11 is 0. The van der Waals surface area contributed by atoms with Crippen LogP contribution in [-0.4, -0.2) is 527 Å². The lowest BCUT2D eigenvalue weighted by atomic mass is 9.92. The minimum atomic E-state index is -2.45. The van der Waals surface area contributed by atoms with E-state index in [0.717, 1.165) is 0 Å². The number of aliphatic hydroxyl groups excluding tert-OH is 30. The maximum absolute atomic E-state index is 12.4. The molecule has 0 spiro atoms. The van der Waals surface area contributed by atoms with Gasteiger partial charge in [0.25, 0.3) is 0 Å². The molecule has 50 heteroatoms. The highest BCUT2D eigenvalue weighted by Gasteiger charge is 2.62. The summed E-state index contributed by atoms with van der Waals surface area (Å²) in [4.78, 5) is 0. The van der Waals surface area contributed by atoms with Crippen molar-refractivity contribution in [3.05, 3.63) is 0 Å². The van der Waals surface area contributed by atoms with Crippen LogP contribution in [-0.2, 0) is 94.7 Å². The van der Waals surface area contributed by atoms with Crippen molar-refractivity contribution in [3.63, 3.8) is 0 Å². The van der Waals surface area contributed by atoms with Crippen LogP contribution in [0.25, 0.3) is 0 Å². The molecule has 10 aliphatic heterocycles. The predicted octanol–water partition coefficient (Wildman–Crippen LogP) is -19.7. The van der Waals surface area contributed by atoms with Crippen molar-refractivity contribution in [1.82, 2.24) is 0 Å². The van der Waals surface area contributed by atoms with Crippen LogP contribution in [0, 0.1) is 5.92 Å². The topological polar surface area (TPSA) is 792 Å². The molecule has 0 radical (unpaired) electrons. The highest BCUT2D eigenvalue weighted by molar-refractivity contribution is 5.03. The predicted molar refractivity (Wildman–Crippen MR) is 351 cm³/mol. The van der Waals surface area contributed by atoms with Gasteiger partial charge in [0, 0.05) is 12.5 Å². The zero-order valence-corrected chi connectivity index (χ0v) is 61.6. The minimum Gasteiger partial charge on any atom is -0.394 e. The zero-order valence-electron chi connectivity index (χ0n) is 61.6. The first-order valence-electron chi connectivity index (χ1n) is 37.5. The summed E-state index contributed by atoms with van der Waals surface area (Å²) in [7, 11) is 0. The van der Waals surface area contributed by atoms with E-state index in [0.29, 0.717) is 6.42 Å². The van der Waals surface area contributed by atoms with Crippen LogP contribution in [0.5, 0.6) is 0 Å². The van der Waals surface area contributed by atoms with E-state index in [9.17, 15) is 153 Å². The second-order valence-corrected chi connectivity index (χ2v) is 29.6. The Morgan fingerprint density at radius 3 is 0.791 bits per heavy atom. The van der Waals surface area contributed by atoms with Gasteiger partial charge in [-0.15, -0.1) is 0 Å². The van der Waals surface area contributed by atoms with Crippen LogP contribution in [0.4, 0.5) is 0 Å². The molecule has 10 aliphatic rings. The largest absolute Gasteiger partial charge is 0.394 e. The molecule has 10 rings (SSSR count). The Balaban J connectivity index is 0.902. The van der Waals surface area contributed by atoms with Gasteiger partial charge in [-0.2, -0.15) is 0 Å². The van der Waals surface area contributed by atoms with Crippen LogP contribution in [0.1, 0.15) is 26.7 Å². The lowest BCUT2D eigenvalue weighted by molar-refractivity contribution is -0.410. The van der Waals surface area contributed by atoms with E-state index in [4.69, 9.17) is 94.7 Å². The summed E-state index contributed by atoms with van der Waals surface area (Å²) in [5.41, 5.74) is 0. The molecule has 0 bridgehead atoms. The maximum Gasteiger partial charge on any atom is 0.187 e. The quantitative estimate of drug-likeness (QED) is 0.0278. The average molecular weight is 1690 g/mol. The Kier molecular flexibility index (Phi) is 34.9. The standard InChI is InChI=1S/C65H112O50/c1-3-4-5-96-57-47(95)53(113-59-42(90)34(82)30(78)19(8-68)100-59)52(112-65-55(36(84)32(80)21(10-70)102-65)115-63-46(94)40(88)51(25(14-74)106-63)111-61-44(92)38(86)49(23(12-72)104-61)109-58-41(89)33(81)29(77)18(7-67)99-58)26(107-57)15-97-64-54(35(83)31(79)20(9-69)101-64)114-62-45(93)39(87)50(24(13-73)105-62)110-60-43(91)37(85)48(22(11-71)103-60)108-56-16(2)27(75)28(76)17(6-66)98-56/h16-95H,3-15H2,1-2H3/t16?,17?,18?,19?,20?,21?,22?,23?,24?,25?,26?,27-,28+,29+,30-,31-,32-,33+,34+,35+,36+,37-,38-,39-,40-,41?,42?,43?,44?,45?,46?,47?,48+,49+,50-,51-,52-,53-,54?,55?,56-,57+,58-,59+,60+,61+,62-,63?,64-,65+/m1/s1. The van der Waals surface area contributed by atoms with Gasteiger partial charge in [0.05, 0.1) is 72.2 Å². The van der Waals surface area contributed by atoms with Gasteiger partial charge in [-0.05, 0) is 6.42 Å². The fourth-order valence-electron chi connectivity index (χ4n) is 15.0. The first-order valence-corrected chi connectivity index (χ1v) is 37.5. The summed E-state index contributed by atoms with van der Waals surface area (Å²) < 4.78 is 118. The molecule has 10 saturated heterocycles. The van der Waals surface area contributed by atoms with Gasteiger partial charge in [-0.25, -0.2) is 0 Å². The molecule has 672 valence electrons. The third kappa shape index (κ3) is 20.4. The van der Waals surface area contributed by atoms with Crippen molar-refractivity contribution in [2.45, 2.75) is 328 Å². The van der Waals surface area contributed by atoms with E-state index >= 15 is 0 Å². The number of unbranched alkanes of at least 4 members (excludes halogenated alkanes) is 1. The molecule has 0 aromatic carbocycles. The molecule has 50 atom stereocenters. The molecule has 50 nitrogen and oxygen atoms in total. The van der Waals surface area contributed by atoms with Gasteiger partial charge in [0.2, 0.25) is 0 Å². The van der Waals surface area contributed by atoms with E-state index in [1.165, 1.54) is 6.92 Å². The zero-order chi connectivity index (χ0) is 84.2. The van der Waals surface area contributed by atoms with Gasteiger partial charge in [-0.1, -0.05) is 20.3 Å². The highest BCUT2D eigenvalue weighted by Crippen LogP contribution is 2.41. The number of hydrogen-bond donors (Lipinski definition) is 30. The van der Waals surface area contributed by atoms with E-state index in [-0.39, 0.29) is 13.0 Å². The summed E-state index contributed by atoms with van der Waals surface area (Å²) in [5, 5.41) is 330. The summed E-state index contributed by atoms with van der Waals surface area (Å²) in [6.07, 6.45) is -99.0. The molecule has 30 N–H and O–H groups in total. The van der Waals surface area contributed by atoms with Crippen LogP contribution in [0.3, 0.4) is 0 Å². The van der Waals surface area contributed by atoms with Crippen molar-refractivity contribution in [3.8, 4) is 0 Å². The summed E-state index contributed by atoms with van der Waals surface area (Å²) in [6.45, 7) is -7.56. The Morgan fingerprint density at radius 2 is 0.443 bits per heavy atom. The van der Waals surface area contributed by atoms with Crippen LogP contribution in [0.2, 0.25) is 0 Å². The Bertz CT molecular complexity index is 2850. The van der Waals surface area contributed by atoms with E-state index in [1.807, 2.05) is 0 Å². The monoisotopic (exact) mass is 1690 g/mol. The normalized spacial score (nSPS) is 52.3. The van der Waals surface area contributed by atoms with Gasteiger partial charge >= 0.3 is 0 Å². The van der Waals surface area contributed by atoms with E-state index < -0.39 is 373 Å². The molecule has 0 saturated carbocycles. The number of hydrogen-bond acceptors (Lipinski definition) is 50. The number of aliphatic hydroxyl groups is 30. The SMILES string of the molecule is CCCCO[C@H]1OC(CO[C@@H]2OC(CO)[C@@H](O)[C@H](O)C2O[C@H]2OC(CO)[C@@H](O[C@@H]3OC(CO)[C@H](O[C@H]4OC(CO)[C@H](O)[C@H](O)C4C)[C@H](O)C3O)[C@H](O)C2O)[C@@H](O[C@@H]2OC(CO)[C@@H](O)[C@H](O)C2OC2OC(CO)[C@@H](O[C@@H]3OC(CO)[C@H](O[C@H]4OC(CO)[C@H](O)[C@H](O)C4O)[C@H](O)C3O)[C@H](O)C2O)[C@H](O[C@@H]2OC(CO)[C@@H](O)[C@H](O)C2O)C1O. The van der Waals surface area contributed by atoms with Gasteiger partial charge in [0.15, 0.2) is 62.9 Å². The van der Waals surface area contributed by atoms with E-state index in [1.54, 1.807) is 6.92 Å². The van der Waals surface area contributed by atoms with Crippen molar-refractivity contribution < 1.29 is 248 Å². The third-order valence-electron chi connectivity index (χ3n) is 22.0. The fourth-order valence-corrected chi connectivity index (χ4v) is 15.0. The molecule has 0 aliphatic carbocycles. The second kappa shape index (κ2) is 42.1. The van der Waals surface area contributed by atoms with Crippen LogP contribution in [0.15, 0.2) is 0 Å². The summed E-state index contributed by atoms with van der Waals surface area (Å²) in [6, 6.07) is 0. The maximum atomic E-state index is 12.4. The Morgan fingerprint density at radius 1 is 0.200 bits per heavy atom. The van der Waals surface area contributed by atoms with Crippen LogP contribution >= 0.6 is 0 Å². The van der Waals surface area contributed by atoms with Crippen molar-refractivity contribution in [2.75, 3.05) is 72.7 Å². The molecule has 115 heavy (non-hydrogen) atoms. The molecule has 21 unspecified atom stereocenters. The number of ether oxygens (including phenoxy) is 20. The first kappa shape index (κ1) is 95.2. The number of rotatable bonds is 32. The first-order chi connectivity index (χ1) is 54.7. The molecular formula is C65H112O50. The molecule has 0 aromatic heterocycles. The smallest absolute Gasteiger partial charge is 0.187 e. The molecule has 10 heterocycles. The lowest BCUT2D eigenvalue weighted by Crippen LogP contribution is -2.69. The minimum absolute atomic E-state index is 0.217. The Labute approximate surface area is 652 Å². The molecule has 0 amide bonds. The van der Waals surface area contributed by atoms with Crippen molar-refractivity contribution in [1.29, 1.82) is 0 Å². The Hall–Kier alpha value is -2.00. The third-order valence-corrected chi connectivity index (χ3v) is 22.0. The molecule has 0 aromatic rings. The summed E-state index contributed by atoms with van der Waals surface area (Å²) in [5.74, 6) is -1.04.